The number of hydrogen-bond acceptors (Lipinski definition) is 4. The van der Waals surface area contributed by atoms with Gasteiger partial charge in [0.15, 0.2) is 0 Å². The van der Waals surface area contributed by atoms with Gasteiger partial charge in [0.2, 0.25) is 0 Å². The average Bonchev–Trinajstić information content (AvgIpc) is 2.19. The zero-order chi connectivity index (χ0) is 10.4. The van der Waals surface area contributed by atoms with Gasteiger partial charge in [-0.25, -0.2) is 4.98 Å². The second kappa shape index (κ2) is 4.96. The number of rotatable bonds is 5. The Morgan fingerprint density at radius 1 is 1.71 bits per heavy atom. The smallest absolute Gasteiger partial charge is 0.274 e. The Labute approximate surface area is 81.6 Å². The molecule has 0 aromatic carbocycles. The first-order chi connectivity index (χ1) is 6.74. The third-order valence-corrected chi connectivity index (χ3v) is 1.61. The van der Waals surface area contributed by atoms with E-state index in [1.54, 1.807) is 6.08 Å². The van der Waals surface area contributed by atoms with Gasteiger partial charge in [0.1, 0.15) is 5.82 Å². The summed E-state index contributed by atoms with van der Waals surface area (Å²) < 4.78 is 0. The van der Waals surface area contributed by atoms with Crippen molar-refractivity contribution in [1.82, 2.24) is 4.98 Å². The molecule has 1 aromatic rings. The Bertz CT molecular complexity index is 339. The Kier molecular flexibility index (Phi) is 3.60. The van der Waals surface area contributed by atoms with Crippen molar-refractivity contribution in [3.8, 4) is 0 Å². The summed E-state index contributed by atoms with van der Waals surface area (Å²) in [5.41, 5.74) is 0.0427. The number of hydrogen-bond donors (Lipinski definition) is 1. The molecule has 1 N–H and O–H groups in total. The molecular weight excluding hydrogens is 182 g/mol. The van der Waals surface area contributed by atoms with Gasteiger partial charge in [-0.1, -0.05) is 6.08 Å². The summed E-state index contributed by atoms with van der Waals surface area (Å²) in [5, 5.41) is 13.4. The van der Waals surface area contributed by atoms with Crippen LogP contribution in [0.5, 0.6) is 0 Å². The standard InChI is InChI=1S/C9H11N3O2/c1-2-3-5-10-9-7-8(12(13)14)4-6-11-9/h2,4,6-7H,1,3,5H2,(H,10,11). The molecule has 5 heteroatoms. The van der Waals surface area contributed by atoms with Crippen molar-refractivity contribution in [3.05, 3.63) is 41.1 Å². The molecule has 1 rings (SSSR count). The third-order valence-electron chi connectivity index (χ3n) is 1.61. The largest absolute Gasteiger partial charge is 0.370 e. The van der Waals surface area contributed by atoms with Crippen LogP contribution < -0.4 is 5.32 Å². The third kappa shape index (κ3) is 2.85. The highest BCUT2D eigenvalue weighted by atomic mass is 16.6. The van der Waals surface area contributed by atoms with E-state index >= 15 is 0 Å². The molecule has 0 bridgehead atoms. The maximum absolute atomic E-state index is 10.4. The minimum absolute atomic E-state index is 0.0427. The minimum atomic E-state index is -0.444. The summed E-state index contributed by atoms with van der Waals surface area (Å²) in [6, 6.07) is 2.77. The predicted molar refractivity (Wildman–Crippen MR) is 54.2 cm³/mol. The normalized spacial score (nSPS) is 9.43. The van der Waals surface area contributed by atoms with E-state index in [1.165, 1.54) is 18.3 Å². The van der Waals surface area contributed by atoms with E-state index in [2.05, 4.69) is 16.9 Å². The molecule has 0 aliphatic carbocycles. The van der Waals surface area contributed by atoms with E-state index in [0.717, 1.165) is 6.42 Å². The highest BCUT2D eigenvalue weighted by Gasteiger charge is 2.05. The molecule has 74 valence electrons. The van der Waals surface area contributed by atoms with Crippen LogP contribution in [0, 0.1) is 10.1 Å². The van der Waals surface area contributed by atoms with Crippen LogP contribution >= 0.6 is 0 Å². The van der Waals surface area contributed by atoms with Crippen LogP contribution in [0.3, 0.4) is 0 Å². The summed E-state index contributed by atoms with van der Waals surface area (Å²) in [7, 11) is 0. The van der Waals surface area contributed by atoms with Gasteiger partial charge in [-0.2, -0.15) is 0 Å². The highest BCUT2D eigenvalue weighted by molar-refractivity contribution is 5.44. The maximum Gasteiger partial charge on any atom is 0.274 e. The lowest BCUT2D eigenvalue weighted by atomic mass is 10.4. The van der Waals surface area contributed by atoms with Crippen LogP contribution in [0.15, 0.2) is 31.0 Å². The Morgan fingerprint density at radius 3 is 3.14 bits per heavy atom. The summed E-state index contributed by atoms with van der Waals surface area (Å²) in [5.74, 6) is 0.515. The Balaban J connectivity index is 2.63. The molecule has 0 saturated carbocycles. The molecule has 0 amide bonds. The second-order valence-electron chi connectivity index (χ2n) is 2.66. The van der Waals surface area contributed by atoms with Gasteiger partial charge in [0.25, 0.3) is 5.69 Å². The Hall–Kier alpha value is -1.91. The fourth-order valence-electron chi connectivity index (χ4n) is 0.932. The molecule has 0 aliphatic rings. The van der Waals surface area contributed by atoms with Gasteiger partial charge < -0.3 is 5.32 Å². The summed E-state index contributed by atoms with van der Waals surface area (Å²) in [6.07, 6.45) is 3.98. The molecule has 0 radical (unpaired) electrons. The first kappa shape index (κ1) is 10.2. The number of anilines is 1. The lowest BCUT2D eigenvalue weighted by molar-refractivity contribution is -0.384. The summed E-state index contributed by atoms with van der Waals surface area (Å²) >= 11 is 0. The van der Waals surface area contributed by atoms with Crippen LogP contribution in [0.2, 0.25) is 0 Å². The number of aromatic nitrogens is 1. The lowest BCUT2D eigenvalue weighted by Crippen LogP contribution is -2.02. The molecule has 5 nitrogen and oxygen atoms in total. The van der Waals surface area contributed by atoms with E-state index in [1.807, 2.05) is 0 Å². The van der Waals surface area contributed by atoms with Crippen molar-refractivity contribution in [2.75, 3.05) is 11.9 Å². The number of nitrogens with zero attached hydrogens (tertiary/aromatic N) is 2. The fraction of sp³-hybridized carbons (Fsp3) is 0.222. The number of nitro groups is 1. The van der Waals surface area contributed by atoms with Crippen LogP contribution in [0.25, 0.3) is 0 Å². The monoisotopic (exact) mass is 193 g/mol. The molecule has 0 atom stereocenters. The molecule has 0 aliphatic heterocycles. The zero-order valence-electron chi connectivity index (χ0n) is 7.64. The molecule has 0 spiro atoms. The minimum Gasteiger partial charge on any atom is -0.370 e. The predicted octanol–water partition coefficient (Wildman–Crippen LogP) is 1.98. The van der Waals surface area contributed by atoms with Gasteiger partial charge in [0, 0.05) is 18.8 Å². The first-order valence-corrected chi connectivity index (χ1v) is 4.19. The van der Waals surface area contributed by atoms with Crippen LogP contribution in [-0.2, 0) is 0 Å². The van der Waals surface area contributed by atoms with Crippen molar-refractivity contribution in [3.63, 3.8) is 0 Å². The van der Waals surface area contributed by atoms with Gasteiger partial charge in [-0.05, 0) is 6.42 Å². The van der Waals surface area contributed by atoms with Crippen LogP contribution in [0.1, 0.15) is 6.42 Å². The van der Waals surface area contributed by atoms with Crippen molar-refractivity contribution < 1.29 is 4.92 Å². The molecule has 14 heavy (non-hydrogen) atoms. The van der Waals surface area contributed by atoms with Gasteiger partial charge >= 0.3 is 0 Å². The second-order valence-corrected chi connectivity index (χ2v) is 2.66. The molecule has 1 heterocycles. The number of nitrogens with one attached hydrogen (secondary N) is 1. The van der Waals surface area contributed by atoms with Crippen LogP contribution in [0.4, 0.5) is 11.5 Å². The molecule has 0 unspecified atom stereocenters. The molecule has 1 aromatic heterocycles. The first-order valence-electron chi connectivity index (χ1n) is 4.19. The Morgan fingerprint density at radius 2 is 2.50 bits per heavy atom. The van der Waals surface area contributed by atoms with E-state index in [9.17, 15) is 10.1 Å². The van der Waals surface area contributed by atoms with Gasteiger partial charge in [-0.15, -0.1) is 6.58 Å². The summed E-state index contributed by atoms with van der Waals surface area (Å²) in [6.45, 7) is 4.25. The SMILES string of the molecule is C=CCCNc1cc([N+](=O)[O-])ccn1. The maximum atomic E-state index is 10.4. The van der Waals surface area contributed by atoms with E-state index in [0.29, 0.717) is 12.4 Å². The number of pyridine rings is 1. The van der Waals surface area contributed by atoms with Crippen molar-refractivity contribution in [1.29, 1.82) is 0 Å². The van der Waals surface area contributed by atoms with Gasteiger partial charge in [-0.3, -0.25) is 10.1 Å². The van der Waals surface area contributed by atoms with E-state index in [4.69, 9.17) is 0 Å². The molecular formula is C9H11N3O2. The summed E-state index contributed by atoms with van der Waals surface area (Å²) in [4.78, 5) is 13.9. The van der Waals surface area contributed by atoms with Crippen molar-refractivity contribution in [2.24, 2.45) is 0 Å². The van der Waals surface area contributed by atoms with Crippen LogP contribution in [-0.4, -0.2) is 16.5 Å². The molecule has 0 fully saturated rings. The fourth-order valence-corrected chi connectivity index (χ4v) is 0.932. The topological polar surface area (TPSA) is 68.1 Å². The van der Waals surface area contributed by atoms with Crippen molar-refractivity contribution in [2.45, 2.75) is 6.42 Å². The lowest BCUT2D eigenvalue weighted by Gasteiger charge is -2.02. The van der Waals surface area contributed by atoms with E-state index < -0.39 is 4.92 Å². The zero-order valence-corrected chi connectivity index (χ0v) is 7.64. The highest BCUT2D eigenvalue weighted by Crippen LogP contribution is 2.13. The van der Waals surface area contributed by atoms with Gasteiger partial charge in [0.05, 0.1) is 11.0 Å². The quantitative estimate of drug-likeness (QED) is 0.336. The average molecular weight is 193 g/mol. The van der Waals surface area contributed by atoms with Crippen molar-refractivity contribution >= 4 is 11.5 Å². The molecule has 0 saturated heterocycles. The van der Waals surface area contributed by atoms with E-state index in [-0.39, 0.29) is 5.69 Å².